The summed E-state index contributed by atoms with van der Waals surface area (Å²) in [5, 5.41) is 0. The minimum absolute atomic E-state index is 0.702. The zero-order valence-corrected chi connectivity index (χ0v) is 12.2. The number of aryl methyl sites for hydroxylation is 2. The molecule has 0 aliphatic rings. The first-order valence-electron chi connectivity index (χ1n) is 6.91. The molecule has 0 saturated heterocycles. The molecule has 0 bridgehead atoms. The lowest BCUT2D eigenvalue weighted by Crippen LogP contribution is -1.98. The fourth-order valence-corrected chi connectivity index (χ4v) is 2.45. The summed E-state index contributed by atoms with van der Waals surface area (Å²) in [6.45, 7) is 4.01. The molecule has 0 atom stereocenters. The second kappa shape index (κ2) is 5.37. The summed E-state index contributed by atoms with van der Waals surface area (Å²) in [5.74, 6) is 0. The Balaban J connectivity index is 2.19. The highest BCUT2D eigenvalue weighted by Gasteiger charge is 2.11. The van der Waals surface area contributed by atoms with Crippen LogP contribution in [0.15, 0.2) is 54.7 Å². The lowest BCUT2D eigenvalue weighted by Gasteiger charge is -2.11. The average molecular weight is 275 g/mol. The Morgan fingerprint density at radius 2 is 1.62 bits per heavy atom. The smallest absolute Gasteiger partial charge is 0.0938 e. The Morgan fingerprint density at radius 3 is 2.33 bits per heavy atom. The zero-order chi connectivity index (χ0) is 14.8. The minimum Gasteiger partial charge on any atom is -0.397 e. The molecule has 21 heavy (non-hydrogen) atoms. The number of pyridine rings is 2. The van der Waals surface area contributed by atoms with Gasteiger partial charge in [0.2, 0.25) is 0 Å². The Bertz CT molecular complexity index is 780. The second-order valence-corrected chi connectivity index (χ2v) is 5.14. The molecule has 0 aliphatic carbocycles. The second-order valence-electron chi connectivity index (χ2n) is 5.14. The highest BCUT2D eigenvalue weighted by atomic mass is 14.8. The Morgan fingerprint density at radius 1 is 0.857 bits per heavy atom. The molecule has 3 rings (SSSR count). The molecule has 0 spiro atoms. The van der Waals surface area contributed by atoms with Crippen molar-refractivity contribution in [2.75, 3.05) is 5.73 Å². The largest absolute Gasteiger partial charge is 0.397 e. The molecule has 2 N–H and O–H groups in total. The number of hydrogen-bond acceptors (Lipinski definition) is 3. The molecule has 2 heterocycles. The summed E-state index contributed by atoms with van der Waals surface area (Å²) >= 11 is 0. The first-order chi connectivity index (χ1) is 10.1. The Kier molecular flexibility index (Phi) is 3.40. The number of anilines is 1. The van der Waals surface area contributed by atoms with Gasteiger partial charge in [-0.05, 0) is 37.6 Å². The topological polar surface area (TPSA) is 51.8 Å². The Labute approximate surface area is 124 Å². The van der Waals surface area contributed by atoms with Gasteiger partial charge >= 0.3 is 0 Å². The van der Waals surface area contributed by atoms with Crippen molar-refractivity contribution >= 4 is 5.69 Å². The number of hydrogen-bond donors (Lipinski definition) is 1. The molecule has 3 heteroatoms. The highest BCUT2D eigenvalue weighted by Crippen LogP contribution is 2.30. The third-order valence-corrected chi connectivity index (χ3v) is 3.46. The molecule has 2 aromatic heterocycles. The minimum atomic E-state index is 0.702. The van der Waals surface area contributed by atoms with E-state index in [1.807, 2.05) is 68.6 Å². The van der Waals surface area contributed by atoms with Crippen molar-refractivity contribution in [2.45, 2.75) is 13.8 Å². The van der Waals surface area contributed by atoms with Crippen LogP contribution in [0.3, 0.4) is 0 Å². The molecular weight excluding hydrogens is 258 g/mol. The van der Waals surface area contributed by atoms with Gasteiger partial charge in [0.05, 0.1) is 17.1 Å². The van der Waals surface area contributed by atoms with E-state index in [0.717, 1.165) is 33.8 Å². The van der Waals surface area contributed by atoms with E-state index in [4.69, 9.17) is 10.7 Å². The maximum absolute atomic E-state index is 6.16. The molecule has 0 amide bonds. The molecule has 1 aromatic carbocycles. The van der Waals surface area contributed by atoms with Crippen LogP contribution in [0.2, 0.25) is 0 Å². The quantitative estimate of drug-likeness (QED) is 0.768. The van der Waals surface area contributed by atoms with Crippen LogP contribution in [0.1, 0.15) is 11.3 Å². The number of nitrogens with two attached hydrogens (primary N) is 1. The third kappa shape index (κ3) is 2.63. The first-order valence-corrected chi connectivity index (χ1v) is 6.91. The maximum Gasteiger partial charge on any atom is 0.0938 e. The van der Waals surface area contributed by atoms with Crippen molar-refractivity contribution < 1.29 is 0 Å². The van der Waals surface area contributed by atoms with Crippen LogP contribution in [0.25, 0.3) is 22.5 Å². The van der Waals surface area contributed by atoms with Gasteiger partial charge in [0.25, 0.3) is 0 Å². The lowest BCUT2D eigenvalue weighted by atomic mass is 10.0. The van der Waals surface area contributed by atoms with Crippen molar-refractivity contribution in [1.29, 1.82) is 0 Å². The van der Waals surface area contributed by atoms with Gasteiger partial charge < -0.3 is 5.73 Å². The van der Waals surface area contributed by atoms with E-state index in [1.165, 1.54) is 0 Å². The summed E-state index contributed by atoms with van der Waals surface area (Å²) in [5.41, 5.74) is 12.8. The van der Waals surface area contributed by atoms with E-state index in [1.54, 1.807) is 0 Å². The van der Waals surface area contributed by atoms with Crippen LogP contribution in [0.4, 0.5) is 5.69 Å². The van der Waals surface area contributed by atoms with Crippen molar-refractivity contribution in [2.24, 2.45) is 0 Å². The van der Waals surface area contributed by atoms with Crippen LogP contribution in [0.5, 0.6) is 0 Å². The van der Waals surface area contributed by atoms with Gasteiger partial charge in [0.1, 0.15) is 0 Å². The van der Waals surface area contributed by atoms with E-state index in [0.29, 0.717) is 5.69 Å². The SMILES string of the molecule is Cc1cc(-c2nc(-c3ccccc3)c(N)cc2C)ccn1. The van der Waals surface area contributed by atoms with Gasteiger partial charge in [-0.25, -0.2) is 4.98 Å². The molecular formula is C18H17N3. The number of aromatic nitrogens is 2. The fraction of sp³-hybridized carbons (Fsp3) is 0.111. The summed E-state index contributed by atoms with van der Waals surface area (Å²) < 4.78 is 0. The zero-order valence-electron chi connectivity index (χ0n) is 12.2. The van der Waals surface area contributed by atoms with Crippen molar-refractivity contribution in [3.63, 3.8) is 0 Å². The van der Waals surface area contributed by atoms with E-state index in [-0.39, 0.29) is 0 Å². The molecule has 0 aliphatic heterocycles. The van der Waals surface area contributed by atoms with Gasteiger partial charge in [-0.15, -0.1) is 0 Å². The molecule has 0 fully saturated rings. The predicted octanol–water partition coefficient (Wildman–Crippen LogP) is 4.01. The molecule has 0 unspecified atom stereocenters. The van der Waals surface area contributed by atoms with Crippen molar-refractivity contribution in [1.82, 2.24) is 9.97 Å². The summed E-state index contributed by atoms with van der Waals surface area (Å²) in [6, 6.07) is 16.0. The summed E-state index contributed by atoms with van der Waals surface area (Å²) in [6.07, 6.45) is 1.81. The van der Waals surface area contributed by atoms with E-state index in [9.17, 15) is 0 Å². The van der Waals surface area contributed by atoms with Gasteiger partial charge in [-0.3, -0.25) is 4.98 Å². The summed E-state index contributed by atoms with van der Waals surface area (Å²) in [4.78, 5) is 9.04. The maximum atomic E-state index is 6.16. The van der Waals surface area contributed by atoms with Crippen molar-refractivity contribution in [3.8, 4) is 22.5 Å². The average Bonchev–Trinajstić information content (AvgIpc) is 2.48. The fourth-order valence-electron chi connectivity index (χ4n) is 2.45. The van der Waals surface area contributed by atoms with E-state index in [2.05, 4.69) is 4.98 Å². The number of rotatable bonds is 2. The Hall–Kier alpha value is -2.68. The number of nitrogens with zero attached hydrogens (tertiary/aromatic N) is 2. The third-order valence-electron chi connectivity index (χ3n) is 3.46. The standard InChI is InChI=1S/C18H17N3/c1-12-10-16(19)18(14-6-4-3-5-7-14)21-17(12)15-8-9-20-13(2)11-15/h3-11H,19H2,1-2H3. The van der Waals surface area contributed by atoms with Crippen LogP contribution in [-0.2, 0) is 0 Å². The van der Waals surface area contributed by atoms with Crippen LogP contribution < -0.4 is 5.73 Å². The highest BCUT2D eigenvalue weighted by molar-refractivity contribution is 5.77. The van der Waals surface area contributed by atoms with Gasteiger partial charge in [-0.2, -0.15) is 0 Å². The van der Waals surface area contributed by atoms with E-state index >= 15 is 0 Å². The van der Waals surface area contributed by atoms with Crippen LogP contribution in [-0.4, -0.2) is 9.97 Å². The molecule has 0 radical (unpaired) electrons. The first kappa shape index (κ1) is 13.3. The van der Waals surface area contributed by atoms with Crippen LogP contribution >= 0.6 is 0 Å². The number of benzene rings is 1. The normalized spacial score (nSPS) is 10.6. The van der Waals surface area contributed by atoms with E-state index < -0.39 is 0 Å². The lowest BCUT2D eigenvalue weighted by molar-refractivity contribution is 1.19. The van der Waals surface area contributed by atoms with Gasteiger partial charge in [0.15, 0.2) is 0 Å². The molecule has 104 valence electrons. The molecule has 3 nitrogen and oxygen atoms in total. The summed E-state index contributed by atoms with van der Waals surface area (Å²) in [7, 11) is 0. The van der Waals surface area contributed by atoms with Gasteiger partial charge in [-0.1, -0.05) is 30.3 Å². The molecule has 0 saturated carbocycles. The number of nitrogen functional groups attached to an aromatic ring is 1. The van der Waals surface area contributed by atoms with Crippen LogP contribution in [0, 0.1) is 13.8 Å². The monoisotopic (exact) mass is 275 g/mol. The van der Waals surface area contributed by atoms with Crippen molar-refractivity contribution in [3.05, 3.63) is 66.0 Å². The van der Waals surface area contributed by atoms with Gasteiger partial charge in [0, 0.05) is 23.0 Å². The predicted molar refractivity (Wildman–Crippen MR) is 86.8 cm³/mol. The molecule has 3 aromatic rings.